The van der Waals surface area contributed by atoms with E-state index in [0.717, 1.165) is 11.0 Å². The van der Waals surface area contributed by atoms with Crippen molar-refractivity contribution in [3.05, 3.63) is 29.8 Å². The van der Waals surface area contributed by atoms with Gasteiger partial charge in [-0.05, 0) is 65.9 Å². The molecule has 0 radical (unpaired) electrons. The van der Waals surface area contributed by atoms with Gasteiger partial charge in [0.15, 0.2) is 0 Å². The topological polar surface area (TPSA) is 59.0 Å². The van der Waals surface area contributed by atoms with Crippen molar-refractivity contribution in [3.63, 3.8) is 0 Å². The van der Waals surface area contributed by atoms with E-state index in [9.17, 15) is 9.90 Å². The summed E-state index contributed by atoms with van der Waals surface area (Å²) in [5, 5.41) is 9.37. The molecule has 0 unspecified atom stereocenters. The molecule has 0 atom stereocenters. The van der Waals surface area contributed by atoms with Gasteiger partial charge in [0, 0.05) is 12.1 Å². The Morgan fingerprint density at radius 3 is 1.96 bits per heavy atom. The lowest BCUT2D eigenvalue weighted by Gasteiger charge is -2.33. The Labute approximate surface area is 151 Å². The van der Waals surface area contributed by atoms with Gasteiger partial charge < -0.3 is 19.3 Å². The highest BCUT2D eigenvalue weighted by molar-refractivity contribution is 6.62. The van der Waals surface area contributed by atoms with Gasteiger partial charge in [-0.3, -0.25) is 0 Å². The maximum Gasteiger partial charge on any atom is 0.494 e. The molecule has 0 saturated carbocycles. The Morgan fingerprint density at radius 2 is 1.56 bits per heavy atom. The normalized spacial score (nSPS) is 19.1. The van der Waals surface area contributed by atoms with Crippen LogP contribution in [0.1, 0.15) is 54.0 Å². The van der Waals surface area contributed by atoms with Crippen molar-refractivity contribution < 1.29 is 19.2 Å². The first-order valence-corrected chi connectivity index (χ1v) is 8.78. The zero-order chi connectivity index (χ0) is 19.0. The van der Waals surface area contributed by atoms with Gasteiger partial charge in [-0.2, -0.15) is 0 Å². The van der Waals surface area contributed by atoms with Gasteiger partial charge in [-0.15, -0.1) is 0 Å². The molecule has 1 aliphatic heterocycles. The van der Waals surface area contributed by atoms with Crippen LogP contribution in [-0.2, 0) is 15.7 Å². The lowest BCUT2D eigenvalue weighted by atomic mass is 9.79. The highest BCUT2D eigenvalue weighted by Crippen LogP contribution is 2.36. The Bertz CT molecular complexity index is 603. The minimum Gasteiger partial charge on any atom is -0.465 e. The number of nitrogens with zero attached hydrogens (tertiary/aromatic N) is 1. The summed E-state index contributed by atoms with van der Waals surface area (Å²) in [5.41, 5.74) is 0.953. The molecule has 1 amide bonds. The van der Waals surface area contributed by atoms with Crippen LogP contribution in [0.2, 0.25) is 0 Å². The van der Waals surface area contributed by atoms with Crippen LogP contribution in [0, 0.1) is 0 Å². The van der Waals surface area contributed by atoms with Gasteiger partial charge in [0.2, 0.25) is 0 Å². The minimum atomic E-state index is -0.888. The largest absolute Gasteiger partial charge is 0.494 e. The summed E-state index contributed by atoms with van der Waals surface area (Å²) in [4.78, 5) is 12.9. The van der Waals surface area contributed by atoms with E-state index in [1.807, 2.05) is 72.7 Å². The Morgan fingerprint density at radius 1 is 1.08 bits per heavy atom. The van der Waals surface area contributed by atoms with Crippen LogP contribution < -0.4 is 5.46 Å². The maximum atomic E-state index is 11.4. The third kappa shape index (κ3) is 4.36. The van der Waals surface area contributed by atoms with Gasteiger partial charge in [0.05, 0.1) is 11.2 Å². The first-order valence-electron chi connectivity index (χ1n) is 8.78. The van der Waals surface area contributed by atoms with Crippen molar-refractivity contribution in [2.45, 2.75) is 71.6 Å². The summed E-state index contributed by atoms with van der Waals surface area (Å²) in [6.07, 6.45) is -0.214. The average Bonchev–Trinajstić information content (AvgIpc) is 2.66. The number of hydrogen-bond acceptors (Lipinski definition) is 3. The molecule has 1 N–H and O–H groups in total. The molecule has 0 spiro atoms. The van der Waals surface area contributed by atoms with E-state index in [0.29, 0.717) is 13.0 Å². The second kappa shape index (κ2) is 6.65. The molecule has 1 heterocycles. The van der Waals surface area contributed by atoms with Crippen LogP contribution in [0.25, 0.3) is 0 Å². The Hall–Kier alpha value is -1.53. The molecular weight excluding hydrogens is 317 g/mol. The first kappa shape index (κ1) is 19.8. The summed E-state index contributed by atoms with van der Waals surface area (Å²) in [5.74, 6) is 0. The second-order valence-electron chi connectivity index (χ2n) is 8.68. The third-order valence-electron chi connectivity index (χ3n) is 5.17. The van der Waals surface area contributed by atoms with E-state index in [1.165, 1.54) is 4.90 Å². The van der Waals surface area contributed by atoms with E-state index in [-0.39, 0.29) is 18.3 Å². The molecule has 1 saturated heterocycles. The Balaban J connectivity index is 2.03. The fraction of sp³-hybridized carbons (Fsp3) is 0.632. The van der Waals surface area contributed by atoms with Crippen LogP contribution >= 0.6 is 0 Å². The van der Waals surface area contributed by atoms with Crippen molar-refractivity contribution >= 4 is 18.7 Å². The second-order valence-corrected chi connectivity index (χ2v) is 8.68. The highest BCUT2D eigenvalue weighted by atomic mass is 16.7. The predicted molar refractivity (Wildman–Crippen MR) is 100 cm³/mol. The third-order valence-corrected chi connectivity index (χ3v) is 5.17. The molecular formula is C19H30BNO4. The number of rotatable bonds is 4. The number of carbonyl (C=O) groups is 1. The summed E-state index contributed by atoms with van der Waals surface area (Å²) in [7, 11) is -0.371. The molecule has 1 aromatic carbocycles. The number of amides is 1. The lowest BCUT2D eigenvalue weighted by molar-refractivity contribution is 0.00578. The fourth-order valence-corrected chi connectivity index (χ4v) is 2.78. The first-order chi connectivity index (χ1) is 11.3. The summed E-state index contributed by atoms with van der Waals surface area (Å²) in [6, 6.07) is 8.03. The summed E-state index contributed by atoms with van der Waals surface area (Å²) in [6.45, 7) is 14.3. The SMILES string of the molecule is CC(C)(C)N(CCc1ccc(B2OC(C)(C)C(C)(C)O2)cc1)C(=O)O. The van der Waals surface area contributed by atoms with Gasteiger partial charge in [-0.25, -0.2) is 4.79 Å². The highest BCUT2D eigenvalue weighted by Gasteiger charge is 2.51. The number of carboxylic acid groups (broad SMARTS) is 1. The van der Waals surface area contributed by atoms with Crippen molar-refractivity contribution in [3.8, 4) is 0 Å². The average molecular weight is 347 g/mol. The van der Waals surface area contributed by atoms with Gasteiger partial charge >= 0.3 is 13.2 Å². The van der Waals surface area contributed by atoms with E-state index in [4.69, 9.17) is 9.31 Å². The molecule has 1 aliphatic rings. The van der Waals surface area contributed by atoms with Gasteiger partial charge in [0.25, 0.3) is 0 Å². The zero-order valence-electron chi connectivity index (χ0n) is 16.4. The van der Waals surface area contributed by atoms with E-state index >= 15 is 0 Å². The van der Waals surface area contributed by atoms with Crippen molar-refractivity contribution in [2.24, 2.45) is 0 Å². The van der Waals surface area contributed by atoms with Crippen molar-refractivity contribution in [2.75, 3.05) is 6.54 Å². The van der Waals surface area contributed by atoms with E-state index < -0.39 is 11.6 Å². The van der Waals surface area contributed by atoms with Crippen LogP contribution in [0.15, 0.2) is 24.3 Å². The molecule has 0 bridgehead atoms. The Kier molecular flexibility index (Phi) is 5.27. The smallest absolute Gasteiger partial charge is 0.465 e. The molecule has 5 nitrogen and oxygen atoms in total. The molecule has 0 aromatic heterocycles. The maximum absolute atomic E-state index is 11.4. The van der Waals surface area contributed by atoms with Crippen LogP contribution in [0.4, 0.5) is 4.79 Å². The predicted octanol–water partition coefficient (Wildman–Crippen LogP) is 3.31. The van der Waals surface area contributed by atoms with E-state index in [2.05, 4.69) is 0 Å². The standard InChI is InChI=1S/C19H30BNO4/c1-17(2,3)21(16(22)23)13-12-14-8-10-15(11-9-14)20-24-18(4,5)19(6,7)25-20/h8-11H,12-13H2,1-7H3,(H,22,23). The molecule has 1 fully saturated rings. The number of benzene rings is 1. The monoisotopic (exact) mass is 347 g/mol. The lowest BCUT2D eigenvalue weighted by Crippen LogP contribution is -2.45. The van der Waals surface area contributed by atoms with Crippen molar-refractivity contribution in [1.82, 2.24) is 4.90 Å². The molecule has 138 valence electrons. The zero-order valence-corrected chi connectivity index (χ0v) is 16.4. The van der Waals surface area contributed by atoms with Crippen LogP contribution in [0.3, 0.4) is 0 Å². The fourth-order valence-electron chi connectivity index (χ4n) is 2.78. The summed E-state index contributed by atoms with van der Waals surface area (Å²) >= 11 is 0. The minimum absolute atomic E-state index is 0.356. The molecule has 0 aliphatic carbocycles. The number of hydrogen-bond donors (Lipinski definition) is 1. The van der Waals surface area contributed by atoms with Gasteiger partial charge in [-0.1, -0.05) is 24.3 Å². The van der Waals surface area contributed by atoms with Crippen LogP contribution in [-0.4, -0.2) is 46.5 Å². The molecule has 2 rings (SSSR count). The summed E-state index contributed by atoms with van der Waals surface area (Å²) < 4.78 is 12.1. The quantitative estimate of drug-likeness (QED) is 0.849. The van der Waals surface area contributed by atoms with E-state index in [1.54, 1.807) is 0 Å². The van der Waals surface area contributed by atoms with Gasteiger partial charge in [0.1, 0.15) is 0 Å². The molecule has 6 heteroatoms. The van der Waals surface area contributed by atoms with Crippen molar-refractivity contribution in [1.29, 1.82) is 0 Å². The molecule has 1 aromatic rings. The molecule has 25 heavy (non-hydrogen) atoms. The van der Waals surface area contributed by atoms with Crippen LogP contribution in [0.5, 0.6) is 0 Å².